The van der Waals surface area contributed by atoms with Crippen molar-refractivity contribution in [1.29, 1.82) is 0 Å². The zero-order valence-corrected chi connectivity index (χ0v) is 31.7. The van der Waals surface area contributed by atoms with Crippen LogP contribution < -0.4 is 0 Å². The number of hydrogen-bond acceptors (Lipinski definition) is 6. The standard InChI is InChI=1S/C39H76O7S/c1-3-5-7-9-11-13-15-17-19-21-23-25-27-29-31-33-35-45-38(40)37(47(42,43)44)39(41)46-36-34-32-30-28-26-24-22-20-18-16-14-12-10-8-6-4-2/h37H,3-36H2,1-2H3,(H,42,43,44). The summed E-state index contributed by atoms with van der Waals surface area (Å²) in [6.07, 6.45) is 39.2. The quantitative estimate of drug-likeness (QED) is 0.0299. The number of esters is 2. The molecule has 0 unspecified atom stereocenters. The van der Waals surface area contributed by atoms with Gasteiger partial charge >= 0.3 is 11.9 Å². The molecule has 0 aromatic carbocycles. The molecule has 0 saturated heterocycles. The maximum atomic E-state index is 12.3. The fourth-order valence-corrected chi connectivity index (χ4v) is 6.76. The van der Waals surface area contributed by atoms with Crippen LogP contribution in [0.3, 0.4) is 0 Å². The van der Waals surface area contributed by atoms with Crippen molar-refractivity contribution in [3.8, 4) is 0 Å². The first kappa shape index (κ1) is 45.9. The second-order valence-electron chi connectivity index (χ2n) is 13.8. The van der Waals surface area contributed by atoms with Crippen molar-refractivity contribution >= 4 is 22.1 Å². The Morgan fingerprint density at radius 3 is 0.787 bits per heavy atom. The van der Waals surface area contributed by atoms with E-state index in [2.05, 4.69) is 13.8 Å². The zero-order chi connectivity index (χ0) is 34.7. The summed E-state index contributed by atoms with van der Waals surface area (Å²) in [5.41, 5.74) is 0. The van der Waals surface area contributed by atoms with Crippen LogP contribution in [-0.2, 0) is 29.2 Å². The van der Waals surface area contributed by atoms with E-state index in [4.69, 9.17) is 9.47 Å². The van der Waals surface area contributed by atoms with Crippen molar-refractivity contribution in [1.82, 2.24) is 0 Å². The lowest BCUT2D eigenvalue weighted by atomic mass is 10.0. The summed E-state index contributed by atoms with van der Waals surface area (Å²) in [6, 6.07) is 0. The van der Waals surface area contributed by atoms with Gasteiger partial charge in [-0.15, -0.1) is 0 Å². The van der Waals surface area contributed by atoms with Crippen LogP contribution in [0.25, 0.3) is 0 Å². The molecule has 0 rings (SSSR count). The van der Waals surface area contributed by atoms with Gasteiger partial charge in [0.1, 0.15) is 0 Å². The number of ether oxygens (including phenoxy) is 2. The molecular formula is C39H76O7S. The lowest BCUT2D eigenvalue weighted by Gasteiger charge is -2.13. The van der Waals surface area contributed by atoms with Crippen LogP contribution in [0.4, 0.5) is 0 Å². The number of rotatable bonds is 37. The second kappa shape index (κ2) is 34.7. The van der Waals surface area contributed by atoms with Crippen LogP contribution in [0.5, 0.6) is 0 Å². The third-order valence-corrected chi connectivity index (χ3v) is 10.2. The first-order valence-electron chi connectivity index (χ1n) is 20.1. The Balaban J connectivity index is 3.74. The van der Waals surface area contributed by atoms with Gasteiger partial charge < -0.3 is 9.47 Å². The van der Waals surface area contributed by atoms with E-state index in [0.717, 1.165) is 38.5 Å². The summed E-state index contributed by atoms with van der Waals surface area (Å²) in [5.74, 6) is -2.52. The average molecular weight is 689 g/mol. The van der Waals surface area contributed by atoms with Gasteiger partial charge in [-0.1, -0.05) is 206 Å². The van der Waals surface area contributed by atoms with Gasteiger partial charge in [-0.3, -0.25) is 4.55 Å². The molecule has 0 aromatic rings. The molecule has 0 aliphatic carbocycles. The Morgan fingerprint density at radius 1 is 0.404 bits per heavy atom. The third kappa shape index (κ3) is 31.8. The second-order valence-corrected chi connectivity index (χ2v) is 15.3. The van der Waals surface area contributed by atoms with Crippen molar-refractivity contribution in [3.05, 3.63) is 0 Å². The summed E-state index contributed by atoms with van der Waals surface area (Å²) in [7, 11) is -4.96. The average Bonchev–Trinajstić information content (AvgIpc) is 3.03. The molecule has 280 valence electrons. The predicted molar refractivity (Wildman–Crippen MR) is 196 cm³/mol. The Kier molecular flexibility index (Phi) is 33.9. The molecule has 0 spiro atoms. The number of carbonyl (C=O) groups is 2. The molecule has 1 N–H and O–H groups in total. The van der Waals surface area contributed by atoms with Crippen LogP contribution in [0.1, 0.15) is 219 Å². The van der Waals surface area contributed by atoms with Crippen molar-refractivity contribution in [2.24, 2.45) is 0 Å². The van der Waals surface area contributed by atoms with Crippen LogP contribution in [0, 0.1) is 0 Å². The Labute approximate surface area is 291 Å². The van der Waals surface area contributed by atoms with Crippen molar-refractivity contribution in [2.75, 3.05) is 13.2 Å². The minimum atomic E-state index is -4.96. The molecule has 0 aromatic heterocycles. The van der Waals surface area contributed by atoms with Crippen LogP contribution >= 0.6 is 0 Å². The number of hydrogen-bond donors (Lipinski definition) is 1. The van der Waals surface area contributed by atoms with Crippen molar-refractivity contribution in [3.63, 3.8) is 0 Å². The van der Waals surface area contributed by atoms with E-state index < -0.39 is 27.3 Å². The monoisotopic (exact) mass is 689 g/mol. The van der Waals surface area contributed by atoms with E-state index in [-0.39, 0.29) is 13.2 Å². The molecule has 0 aliphatic heterocycles. The maximum absolute atomic E-state index is 12.3. The molecule has 8 heteroatoms. The van der Waals surface area contributed by atoms with Gasteiger partial charge in [-0.05, 0) is 12.8 Å². The highest BCUT2D eigenvalue weighted by atomic mass is 32.2. The first-order chi connectivity index (χ1) is 22.8. The molecule has 0 aliphatic rings. The van der Waals surface area contributed by atoms with E-state index in [0.29, 0.717) is 12.8 Å². The SMILES string of the molecule is CCCCCCCCCCCCCCCCCCOC(=O)C(C(=O)OCCCCCCCCCCCCCCCCCC)S(=O)(=O)O. The molecule has 0 atom stereocenters. The summed E-state index contributed by atoms with van der Waals surface area (Å²) in [6.45, 7) is 4.56. The minimum Gasteiger partial charge on any atom is -0.464 e. The normalized spacial score (nSPS) is 11.7. The highest BCUT2D eigenvalue weighted by Gasteiger charge is 2.41. The van der Waals surface area contributed by atoms with Gasteiger partial charge in [0.2, 0.25) is 0 Å². The largest absolute Gasteiger partial charge is 0.464 e. The van der Waals surface area contributed by atoms with Crippen LogP contribution in [0.2, 0.25) is 0 Å². The Bertz CT molecular complexity index is 749. The lowest BCUT2D eigenvalue weighted by Crippen LogP contribution is -2.40. The third-order valence-electron chi connectivity index (χ3n) is 9.21. The fraction of sp³-hybridized carbons (Fsp3) is 0.949. The molecule has 0 amide bonds. The van der Waals surface area contributed by atoms with E-state index in [1.165, 1.54) is 154 Å². The van der Waals surface area contributed by atoms with Crippen LogP contribution in [-0.4, -0.2) is 43.4 Å². The Morgan fingerprint density at radius 2 is 0.596 bits per heavy atom. The predicted octanol–water partition coefficient (Wildman–Crippen LogP) is 11.9. The van der Waals surface area contributed by atoms with Gasteiger partial charge in [-0.25, -0.2) is 9.59 Å². The van der Waals surface area contributed by atoms with Crippen molar-refractivity contribution < 1.29 is 32.0 Å². The minimum absolute atomic E-state index is 0.0235. The summed E-state index contributed by atoms with van der Waals surface area (Å²) >= 11 is 0. The summed E-state index contributed by atoms with van der Waals surface area (Å²) < 4.78 is 43.0. The summed E-state index contributed by atoms with van der Waals surface area (Å²) in [4.78, 5) is 24.6. The van der Waals surface area contributed by atoms with E-state index >= 15 is 0 Å². The highest BCUT2D eigenvalue weighted by Crippen LogP contribution is 2.16. The molecule has 7 nitrogen and oxygen atoms in total. The maximum Gasteiger partial charge on any atom is 0.338 e. The van der Waals surface area contributed by atoms with E-state index in [1.54, 1.807) is 0 Å². The Hall–Kier alpha value is -1.15. The number of carbonyl (C=O) groups excluding carboxylic acids is 2. The van der Waals surface area contributed by atoms with Gasteiger partial charge in [0, 0.05) is 0 Å². The van der Waals surface area contributed by atoms with Crippen LogP contribution in [0.15, 0.2) is 0 Å². The molecule has 0 saturated carbocycles. The molecule has 0 heterocycles. The number of unbranched alkanes of at least 4 members (excludes halogenated alkanes) is 30. The first-order valence-corrected chi connectivity index (χ1v) is 21.6. The van der Waals surface area contributed by atoms with Gasteiger partial charge in [-0.2, -0.15) is 8.42 Å². The lowest BCUT2D eigenvalue weighted by molar-refractivity contribution is -0.154. The molecule has 0 fully saturated rings. The molecule has 0 radical (unpaired) electrons. The fourth-order valence-electron chi connectivity index (χ4n) is 6.14. The van der Waals surface area contributed by atoms with Gasteiger partial charge in [0.25, 0.3) is 15.4 Å². The molecular weight excluding hydrogens is 612 g/mol. The zero-order valence-electron chi connectivity index (χ0n) is 30.9. The topological polar surface area (TPSA) is 107 Å². The van der Waals surface area contributed by atoms with Crippen molar-refractivity contribution in [2.45, 2.75) is 225 Å². The smallest absolute Gasteiger partial charge is 0.338 e. The van der Waals surface area contributed by atoms with Gasteiger partial charge in [0.15, 0.2) is 0 Å². The van der Waals surface area contributed by atoms with Gasteiger partial charge in [0.05, 0.1) is 13.2 Å². The van der Waals surface area contributed by atoms with E-state index in [9.17, 15) is 22.6 Å². The molecule has 47 heavy (non-hydrogen) atoms. The molecule has 0 bridgehead atoms. The highest BCUT2D eigenvalue weighted by molar-refractivity contribution is 7.88. The van der Waals surface area contributed by atoms with E-state index in [1.807, 2.05) is 0 Å². The summed E-state index contributed by atoms with van der Waals surface area (Å²) in [5, 5.41) is -2.33.